The van der Waals surface area contributed by atoms with Crippen molar-refractivity contribution in [1.82, 2.24) is 0 Å². The summed E-state index contributed by atoms with van der Waals surface area (Å²) in [7, 11) is 0. The van der Waals surface area contributed by atoms with Gasteiger partial charge in [0.25, 0.3) is 0 Å². The van der Waals surface area contributed by atoms with E-state index >= 15 is 0 Å². The minimum absolute atomic E-state index is 0.592. The molecule has 0 aliphatic carbocycles. The largest absolute Gasteiger partial charge is 0.493 e. The van der Waals surface area contributed by atoms with Crippen LogP contribution in [-0.2, 0) is 15.3 Å². The predicted octanol–water partition coefficient (Wildman–Crippen LogP) is 2.96. The van der Waals surface area contributed by atoms with Gasteiger partial charge in [0.2, 0.25) is 0 Å². The van der Waals surface area contributed by atoms with E-state index in [1.807, 2.05) is 26.0 Å². The highest BCUT2D eigenvalue weighted by molar-refractivity contribution is 6.30. The van der Waals surface area contributed by atoms with Gasteiger partial charge in [0.1, 0.15) is 5.75 Å². The molecule has 0 bridgehead atoms. The van der Waals surface area contributed by atoms with Crippen LogP contribution in [-0.4, -0.2) is 19.8 Å². The SMILES string of the molecule is CCOc1ccc(Cl)cc1C1(C)OCCO1. The Morgan fingerprint density at radius 3 is 2.69 bits per heavy atom. The first-order valence-electron chi connectivity index (χ1n) is 5.36. The Hall–Kier alpha value is -0.770. The van der Waals surface area contributed by atoms with Crippen LogP contribution in [0.25, 0.3) is 0 Å². The molecule has 1 aliphatic rings. The first-order valence-corrected chi connectivity index (χ1v) is 5.74. The molecule has 16 heavy (non-hydrogen) atoms. The van der Waals surface area contributed by atoms with Gasteiger partial charge in [0.15, 0.2) is 5.79 Å². The fourth-order valence-corrected chi connectivity index (χ4v) is 1.98. The van der Waals surface area contributed by atoms with Gasteiger partial charge in [-0.2, -0.15) is 0 Å². The highest BCUT2D eigenvalue weighted by atomic mass is 35.5. The van der Waals surface area contributed by atoms with Crippen LogP contribution < -0.4 is 4.74 Å². The van der Waals surface area contributed by atoms with Gasteiger partial charge in [-0.05, 0) is 32.0 Å². The molecule has 0 N–H and O–H groups in total. The van der Waals surface area contributed by atoms with E-state index in [2.05, 4.69) is 0 Å². The van der Waals surface area contributed by atoms with Crippen molar-refractivity contribution >= 4 is 11.6 Å². The maximum absolute atomic E-state index is 5.99. The third-order valence-electron chi connectivity index (χ3n) is 2.57. The van der Waals surface area contributed by atoms with Crippen LogP contribution in [0.15, 0.2) is 18.2 Å². The molecule has 0 saturated carbocycles. The number of ether oxygens (including phenoxy) is 3. The number of benzene rings is 1. The lowest BCUT2D eigenvalue weighted by molar-refractivity contribution is -0.150. The fourth-order valence-electron chi connectivity index (χ4n) is 1.81. The van der Waals surface area contributed by atoms with Gasteiger partial charge in [0, 0.05) is 5.02 Å². The van der Waals surface area contributed by atoms with Crippen LogP contribution in [0.3, 0.4) is 0 Å². The van der Waals surface area contributed by atoms with Crippen molar-refractivity contribution < 1.29 is 14.2 Å². The fraction of sp³-hybridized carbons (Fsp3) is 0.500. The highest BCUT2D eigenvalue weighted by Gasteiger charge is 2.36. The number of hydrogen-bond acceptors (Lipinski definition) is 3. The molecular weight excluding hydrogens is 228 g/mol. The zero-order valence-corrected chi connectivity index (χ0v) is 10.2. The van der Waals surface area contributed by atoms with Crippen LogP contribution in [0.5, 0.6) is 5.75 Å². The summed E-state index contributed by atoms with van der Waals surface area (Å²) in [4.78, 5) is 0. The standard InChI is InChI=1S/C12H15ClO3/c1-3-14-11-5-4-9(13)8-10(11)12(2)15-6-7-16-12/h4-5,8H,3,6-7H2,1-2H3. The first kappa shape index (κ1) is 11.7. The average molecular weight is 243 g/mol. The molecule has 0 unspecified atom stereocenters. The lowest BCUT2D eigenvalue weighted by atomic mass is 10.1. The summed E-state index contributed by atoms with van der Waals surface area (Å²) < 4.78 is 16.8. The van der Waals surface area contributed by atoms with E-state index in [0.29, 0.717) is 24.8 Å². The van der Waals surface area contributed by atoms with Crippen molar-refractivity contribution in [2.24, 2.45) is 0 Å². The minimum atomic E-state index is -0.741. The molecule has 3 nitrogen and oxygen atoms in total. The van der Waals surface area contributed by atoms with Gasteiger partial charge in [-0.25, -0.2) is 0 Å². The summed E-state index contributed by atoms with van der Waals surface area (Å²) >= 11 is 5.99. The molecule has 1 heterocycles. The lowest BCUT2D eigenvalue weighted by Gasteiger charge is -2.25. The number of hydrogen-bond donors (Lipinski definition) is 0. The molecule has 0 aromatic heterocycles. The van der Waals surface area contributed by atoms with Gasteiger partial charge >= 0.3 is 0 Å². The van der Waals surface area contributed by atoms with Crippen molar-refractivity contribution in [1.29, 1.82) is 0 Å². The zero-order chi connectivity index (χ0) is 11.6. The summed E-state index contributed by atoms with van der Waals surface area (Å²) in [5, 5.41) is 0.652. The number of halogens is 1. The maximum atomic E-state index is 5.99. The molecule has 1 aromatic carbocycles. The summed E-state index contributed by atoms with van der Waals surface area (Å²) in [5.41, 5.74) is 0.847. The Morgan fingerprint density at radius 1 is 1.38 bits per heavy atom. The van der Waals surface area contributed by atoms with E-state index in [1.165, 1.54) is 0 Å². The molecule has 1 aliphatic heterocycles. The molecule has 0 spiro atoms. The van der Waals surface area contributed by atoms with E-state index in [1.54, 1.807) is 6.07 Å². The molecule has 4 heteroatoms. The Bertz CT molecular complexity index is 373. The molecular formula is C12H15ClO3. The van der Waals surface area contributed by atoms with E-state index < -0.39 is 5.79 Å². The van der Waals surface area contributed by atoms with Crippen LogP contribution in [0.1, 0.15) is 19.4 Å². The summed E-state index contributed by atoms with van der Waals surface area (Å²) in [5.74, 6) is 0.0198. The van der Waals surface area contributed by atoms with Gasteiger partial charge in [-0.3, -0.25) is 0 Å². The summed E-state index contributed by atoms with van der Waals surface area (Å²) in [6.45, 7) is 5.61. The van der Waals surface area contributed by atoms with Crippen molar-refractivity contribution in [3.63, 3.8) is 0 Å². The molecule has 2 rings (SSSR count). The normalized spacial score (nSPS) is 18.7. The van der Waals surface area contributed by atoms with Gasteiger partial charge in [-0.1, -0.05) is 11.6 Å². The zero-order valence-electron chi connectivity index (χ0n) is 9.46. The smallest absolute Gasteiger partial charge is 0.195 e. The summed E-state index contributed by atoms with van der Waals surface area (Å²) in [6, 6.07) is 5.48. The molecule has 0 amide bonds. The highest BCUT2D eigenvalue weighted by Crippen LogP contribution is 2.38. The minimum Gasteiger partial charge on any atom is -0.493 e. The van der Waals surface area contributed by atoms with Gasteiger partial charge in [0.05, 0.1) is 25.4 Å². The second kappa shape index (κ2) is 4.62. The van der Waals surface area contributed by atoms with Crippen molar-refractivity contribution in [3.05, 3.63) is 28.8 Å². The molecule has 1 aromatic rings. The molecule has 1 fully saturated rings. The molecule has 1 saturated heterocycles. The molecule has 0 radical (unpaired) electrons. The topological polar surface area (TPSA) is 27.7 Å². The predicted molar refractivity (Wildman–Crippen MR) is 61.9 cm³/mol. The second-order valence-corrected chi connectivity index (χ2v) is 4.15. The van der Waals surface area contributed by atoms with Crippen molar-refractivity contribution in [2.45, 2.75) is 19.6 Å². The summed E-state index contributed by atoms with van der Waals surface area (Å²) in [6.07, 6.45) is 0. The molecule has 0 atom stereocenters. The Morgan fingerprint density at radius 2 is 2.06 bits per heavy atom. The first-order chi connectivity index (χ1) is 7.65. The van der Waals surface area contributed by atoms with E-state index in [4.69, 9.17) is 25.8 Å². The Balaban J connectivity index is 2.40. The van der Waals surface area contributed by atoms with Crippen molar-refractivity contribution in [2.75, 3.05) is 19.8 Å². The third kappa shape index (κ3) is 2.17. The van der Waals surface area contributed by atoms with Crippen LogP contribution in [0.4, 0.5) is 0 Å². The average Bonchev–Trinajstić information content (AvgIpc) is 2.69. The third-order valence-corrected chi connectivity index (χ3v) is 2.80. The lowest BCUT2D eigenvalue weighted by Crippen LogP contribution is -2.23. The molecule has 88 valence electrons. The van der Waals surface area contributed by atoms with Gasteiger partial charge < -0.3 is 14.2 Å². The monoisotopic (exact) mass is 242 g/mol. The second-order valence-electron chi connectivity index (χ2n) is 3.72. The number of rotatable bonds is 3. The van der Waals surface area contributed by atoms with E-state index in [-0.39, 0.29) is 0 Å². The maximum Gasteiger partial charge on any atom is 0.195 e. The quantitative estimate of drug-likeness (QED) is 0.816. The van der Waals surface area contributed by atoms with E-state index in [9.17, 15) is 0 Å². The Kier molecular flexibility index (Phi) is 3.38. The van der Waals surface area contributed by atoms with Crippen molar-refractivity contribution in [3.8, 4) is 5.75 Å². The van der Waals surface area contributed by atoms with Crippen LogP contribution in [0.2, 0.25) is 5.02 Å². The Labute approximate surface area is 100 Å². The van der Waals surface area contributed by atoms with E-state index in [0.717, 1.165) is 11.3 Å². The van der Waals surface area contributed by atoms with Crippen LogP contribution >= 0.6 is 11.6 Å². The van der Waals surface area contributed by atoms with Gasteiger partial charge in [-0.15, -0.1) is 0 Å². The van der Waals surface area contributed by atoms with Crippen LogP contribution in [0, 0.1) is 0 Å².